The summed E-state index contributed by atoms with van der Waals surface area (Å²) in [6, 6.07) is 14.7. The SMILES string of the molecule is CSC(N)=Nc1ccccc1Oc1ccccc1Cl. The van der Waals surface area contributed by atoms with Crippen LogP contribution in [0.5, 0.6) is 11.5 Å². The molecule has 19 heavy (non-hydrogen) atoms. The second-order valence-corrected chi connectivity index (χ2v) is 4.89. The van der Waals surface area contributed by atoms with Gasteiger partial charge in [0, 0.05) is 0 Å². The first kappa shape index (κ1) is 13.8. The third-order valence-corrected chi connectivity index (χ3v) is 3.18. The Hall–Kier alpha value is -1.65. The van der Waals surface area contributed by atoms with Crippen molar-refractivity contribution in [3.05, 3.63) is 53.6 Å². The van der Waals surface area contributed by atoms with Crippen LogP contribution in [0.4, 0.5) is 5.69 Å². The van der Waals surface area contributed by atoms with Crippen molar-refractivity contribution < 1.29 is 4.74 Å². The van der Waals surface area contributed by atoms with Crippen molar-refractivity contribution in [1.29, 1.82) is 0 Å². The van der Waals surface area contributed by atoms with Crippen LogP contribution in [0.2, 0.25) is 5.02 Å². The molecule has 3 nitrogen and oxygen atoms in total. The number of thioether (sulfide) groups is 1. The van der Waals surface area contributed by atoms with Gasteiger partial charge in [0.2, 0.25) is 0 Å². The molecule has 0 aliphatic rings. The van der Waals surface area contributed by atoms with Crippen molar-refractivity contribution in [2.75, 3.05) is 6.26 Å². The molecule has 0 saturated carbocycles. The minimum Gasteiger partial charge on any atom is -0.454 e. The zero-order valence-corrected chi connectivity index (χ0v) is 11.9. The van der Waals surface area contributed by atoms with Gasteiger partial charge in [-0.1, -0.05) is 47.6 Å². The fraction of sp³-hybridized carbons (Fsp3) is 0.0714. The van der Waals surface area contributed by atoms with Crippen molar-refractivity contribution in [3.63, 3.8) is 0 Å². The molecule has 0 spiro atoms. The molecule has 0 fully saturated rings. The highest BCUT2D eigenvalue weighted by molar-refractivity contribution is 8.13. The molecule has 0 saturated heterocycles. The molecule has 0 aromatic heterocycles. The van der Waals surface area contributed by atoms with Gasteiger partial charge >= 0.3 is 0 Å². The van der Waals surface area contributed by atoms with E-state index in [1.54, 1.807) is 12.1 Å². The second-order valence-electron chi connectivity index (χ2n) is 3.65. The molecule has 0 amide bonds. The number of nitrogens with two attached hydrogens (primary N) is 1. The minimum atomic E-state index is 0.482. The Morgan fingerprint density at radius 2 is 1.74 bits per heavy atom. The van der Waals surface area contributed by atoms with Gasteiger partial charge in [-0.05, 0) is 30.5 Å². The van der Waals surface area contributed by atoms with Crippen molar-refractivity contribution in [3.8, 4) is 11.5 Å². The molecule has 2 rings (SSSR count). The fourth-order valence-electron chi connectivity index (χ4n) is 1.45. The molecule has 5 heteroatoms. The third kappa shape index (κ3) is 3.66. The molecule has 0 atom stereocenters. The highest BCUT2D eigenvalue weighted by Gasteiger charge is 2.06. The van der Waals surface area contributed by atoms with Crippen LogP contribution in [0.1, 0.15) is 0 Å². The summed E-state index contributed by atoms with van der Waals surface area (Å²) in [6.07, 6.45) is 1.87. The van der Waals surface area contributed by atoms with E-state index in [1.807, 2.05) is 42.7 Å². The summed E-state index contributed by atoms with van der Waals surface area (Å²) >= 11 is 7.45. The number of benzene rings is 2. The molecule has 2 aromatic rings. The second kappa shape index (κ2) is 6.50. The maximum absolute atomic E-state index is 6.07. The number of nitrogens with zero attached hydrogens (tertiary/aromatic N) is 1. The van der Waals surface area contributed by atoms with E-state index in [4.69, 9.17) is 22.1 Å². The average molecular weight is 293 g/mol. The Balaban J connectivity index is 2.33. The normalized spacial score (nSPS) is 11.4. The Bertz CT molecular complexity index is 602. The molecule has 0 radical (unpaired) electrons. The Morgan fingerprint density at radius 1 is 1.11 bits per heavy atom. The van der Waals surface area contributed by atoms with Crippen LogP contribution in [0.25, 0.3) is 0 Å². The van der Waals surface area contributed by atoms with Gasteiger partial charge in [-0.2, -0.15) is 0 Å². The number of halogens is 1. The predicted molar refractivity (Wildman–Crippen MR) is 82.8 cm³/mol. The molecule has 98 valence electrons. The molecule has 0 aliphatic heterocycles. The maximum Gasteiger partial charge on any atom is 0.159 e. The number of para-hydroxylation sites is 3. The van der Waals surface area contributed by atoms with E-state index in [9.17, 15) is 0 Å². The van der Waals surface area contributed by atoms with Crippen LogP contribution in [-0.4, -0.2) is 11.4 Å². The molecular formula is C14H13ClN2OS. The molecule has 0 heterocycles. The Morgan fingerprint density at radius 3 is 2.42 bits per heavy atom. The van der Waals surface area contributed by atoms with E-state index in [2.05, 4.69) is 4.99 Å². The van der Waals surface area contributed by atoms with Gasteiger partial charge in [0.1, 0.15) is 11.4 Å². The zero-order valence-electron chi connectivity index (χ0n) is 10.3. The van der Waals surface area contributed by atoms with E-state index in [1.165, 1.54) is 11.8 Å². The summed E-state index contributed by atoms with van der Waals surface area (Å²) in [5.41, 5.74) is 6.40. The first-order valence-corrected chi connectivity index (χ1v) is 7.20. The number of rotatable bonds is 3. The van der Waals surface area contributed by atoms with E-state index < -0.39 is 0 Å². The minimum absolute atomic E-state index is 0.482. The van der Waals surface area contributed by atoms with Gasteiger partial charge in [0.15, 0.2) is 10.9 Å². The van der Waals surface area contributed by atoms with E-state index in [0.717, 1.165) is 0 Å². The molecule has 0 bridgehead atoms. The first-order chi connectivity index (χ1) is 9.20. The van der Waals surface area contributed by atoms with Crippen molar-refractivity contribution in [1.82, 2.24) is 0 Å². The first-order valence-electron chi connectivity index (χ1n) is 5.60. The van der Waals surface area contributed by atoms with Crippen molar-refractivity contribution >= 4 is 34.2 Å². The fourth-order valence-corrected chi connectivity index (χ4v) is 1.81. The van der Waals surface area contributed by atoms with Gasteiger partial charge in [-0.15, -0.1) is 0 Å². The monoisotopic (exact) mass is 292 g/mol. The van der Waals surface area contributed by atoms with Crippen LogP contribution in [-0.2, 0) is 0 Å². The highest BCUT2D eigenvalue weighted by atomic mass is 35.5. The largest absolute Gasteiger partial charge is 0.454 e. The number of amidine groups is 1. The van der Waals surface area contributed by atoms with E-state index >= 15 is 0 Å². The van der Waals surface area contributed by atoms with Crippen LogP contribution in [0, 0.1) is 0 Å². The van der Waals surface area contributed by atoms with Crippen LogP contribution in [0.3, 0.4) is 0 Å². The van der Waals surface area contributed by atoms with Crippen molar-refractivity contribution in [2.45, 2.75) is 0 Å². The van der Waals surface area contributed by atoms with E-state index in [0.29, 0.717) is 27.4 Å². The molecule has 2 aromatic carbocycles. The van der Waals surface area contributed by atoms with Crippen LogP contribution in [0.15, 0.2) is 53.5 Å². The topological polar surface area (TPSA) is 47.6 Å². The lowest BCUT2D eigenvalue weighted by Crippen LogP contribution is -2.04. The van der Waals surface area contributed by atoms with Gasteiger partial charge < -0.3 is 10.5 Å². The maximum atomic E-state index is 6.07. The van der Waals surface area contributed by atoms with E-state index in [-0.39, 0.29) is 0 Å². The predicted octanol–water partition coefficient (Wildman–Crippen LogP) is 4.44. The molecule has 2 N–H and O–H groups in total. The summed E-state index contributed by atoms with van der Waals surface area (Å²) in [4.78, 5) is 4.29. The van der Waals surface area contributed by atoms with Crippen LogP contribution >= 0.6 is 23.4 Å². The molecule has 0 aliphatic carbocycles. The quantitative estimate of drug-likeness (QED) is 0.672. The standard InChI is InChI=1S/C14H13ClN2OS/c1-19-14(16)17-11-7-3-5-9-13(11)18-12-8-4-2-6-10(12)15/h2-9H,1H3,(H2,16,17). The van der Waals surface area contributed by atoms with Crippen LogP contribution < -0.4 is 10.5 Å². The molecular weight excluding hydrogens is 280 g/mol. The third-order valence-electron chi connectivity index (χ3n) is 2.36. The van der Waals surface area contributed by atoms with Gasteiger partial charge in [0.25, 0.3) is 0 Å². The average Bonchev–Trinajstić information content (AvgIpc) is 2.43. The number of aliphatic imine (C=N–C) groups is 1. The van der Waals surface area contributed by atoms with Crippen molar-refractivity contribution in [2.24, 2.45) is 10.7 Å². The lowest BCUT2D eigenvalue weighted by molar-refractivity contribution is 0.484. The highest BCUT2D eigenvalue weighted by Crippen LogP contribution is 2.34. The smallest absolute Gasteiger partial charge is 0.159 e. The summed E-state index contributed by atoms with van der Waals surface area (Å²) in [6.45, 7) is 0. The lowest BCUT2D eigenvalue weighted by atomic mass is 10.3. The Labute approximate surface area is 121 Å². The zero-order chi connectivity index (χ0) is 13.7. The summed E-state index contributed by atoms with van der Waals surface area (Å²) < 4.78 is 5.78. The summed E-state index contributed by atoms with van der Waals surface area (Å²) in [7, 11) is 0. The van der Waals surface area contributed by atoms with Gasteiger partial charge in [-0.25, -0.2) is 4.99 Å². The Kier molecular flexibility index (Phi) is 4.71. The number of hydrogen-bond donors (Lipinski definition) is 1. The summed E-state index contributed by atoms with van der Waals surface area (Å²) in [5, 5.41) is 1.04. The molecule has 0 unspecified atom stereocenters. The number of ether oxygens (including phenoxy) is 1. The van der Waals surface area contributed by atoms with Gasteiger partial charge in [0.05, 0.1) is 5.02 Å². The lowest BCUT2D eigenvalue weighted by Gasteiger charge is -2.09. The number of hydrogen-bond acceptors (Lipinski definition) is 3. The van der Waals surface area contributed by atoms with Gasteiger partial charge in [-0.3, -0.25) is 0 Å². The summed E-state index contributed by atoms with van der Waals surface area (Å²) in [5.74, 6) is 1.21.